The molecule has 1 aromatic carbocycles. The first-order valence-corrected chi connectivity index (χ1v) is 10.4. The number of carbonyl (C=O) groups is 2. The number of ether oxygens (including phenoxy) is 2. The van der Waals surface area contributed by atoms with E-state index in [2.05, 4.69) is 5.32 Å². The van der Waals surface area contributed by atoms with Crippen LogP contribution in [0, 0.1) is 5.92 Å². The standard InChI is InChI=1S/C21H29N3O4/c22-12-16(14-5-2-1-3-6-14)23-20(25)17-7-4-10-24(17)21(26)15-8-9-18-19(11-15)28-13-27-18/h8-9,11,14,16-17H,1-7,10,12-13,22H2,(H,23,25). The van der Waals surface area contributed by atoms with Gasteiger partial charge in [0.1, 0.15) is 6.04 Å². The average Bonchev–Trinajstić information content (AvgIpc) is 3.40. The third-order valence-corrected chi connectivity index (χ3v) is 6.24. The lowest BCUT2D eigenvalue weighted by atomic mass is 9.84. The van der Waals surface area contributed by atoms with Crippen LogP contribution in [0.4, 0.5) is 0 Å². The molecule has 3 aliphatic rings. The number of nitrogens with one attached hydrogen (secondary N) is 1. The Balaban J connectivity index is 1.43. The zero-order valence-electron chi connectivity index (χ0n) is 16.2. The van der Waals surface area contributed by atoms with Crippen LogP contribution in [0.5, 0.6) is 11.5 Å². The Morgan fingerprint density at radius 1 is 1.11 bits per heavy atom. The van der Waals surface area contributed by atoms with Crippen LogP contribution in [0.25, 0.3) is 0 Å². The number of fused-ring (bicyclic) bond motifs is 1. The van der Waals surface area contributed by atoms with E-state index in [1.165, 1.54) is 19.3 Å². The lowest BCUT2D eigenvalue weighted by molar-refractivity contribution is -0.126. The molecule has 2 amide bonds. The molecule has 2 aliphatic heterocycles. The Morgan fingerprint density at radius 2 is 1.89 bits per heavy atom. The van der Waals surface area contributed by atoms with Gasteiger partial charge in [0, 0.05) is 24.7 Å². The summed E-state index contributed by atoms with van der Waals surface area (Å²) in [5.74, 6) is 1.45. The molecule has 3 N–H and O–H groups in total. The summed E-state index contributed by atoms with van der Waals surface area (Å²) in [6.07, 6.45) is 7.42. The highest BCUT2D eigenvalue weighted by Gasteiger charge is 2.36. The average molecular weight is 387 g/mol. The summed E-state index contributed by atoms with van der Waals surface area (Å²) >= 11 is 0. The maximum Gasteiger partial charge on any atom is 0.254 e. The summed E-state index contributed by atoms with van der Waals surface area (Å²) in [5.41, 5.74) is 6.49. The van der Waals surface area contributed by atoms with Gasteiger partial charge in [-0.1, -0.05) is 19.3 Å². The Bertz CT molecular complexity index is 732. The van der Waals surface area contributed by atoms with Crippen molar-refractivity contribution in [3.8, 4) is 11.5 Å². The number of rotatable bonds is 5. The largest absolute Gasteiger partial charge is 0.454 e. The van der Waals surface area contributed by atoms with Gasteiger partial charge in [-0.3, -0.25) is 9.59 Å². The van der Waals surface area contributed by atoms with Gasteiger partial charge in [-0.05, 0) is 49.8 Å². The van der Waals surface area contributed by atoms with Crippen molar-refractivity contribution in [2.75, 3.05) is 19.9 Å². The number of nitrogens with zero attached hydrogens (tertiary/aromatic N) is 1. The summed E-state index contributed by atoms with van der Waals surface area (Å²) in [6.45, 7) is 1.20. The molecule has 7 nitrogen and oxygen atoms in total. The minimum atomic E-state index is -0.435. The Hall–Kier alpha value is -2.28. The Kier molecular flexibility index (Phi) is 5.71. The third-order valence-electron chi connectivity index (χ3n) is 6.24. The second-order valence-corrected chi connectivity index (χ2v) is 7.97. The second kappa shape index (κ2) is 8.39. The smallest absolute Gasteiger partial charge is 0.254 e. The van der Waals surface area contributed by atoms with E-state index in [1.54, 1.807) is 23.1 Å². The van der Waals surface area contributed by atoms with Crippen LogP contribution in [-0.2, 0) is 4.79 Å². The van der Waals surface area contributed by atoms with Gasteiger partial charge in [0.15, 0.2) is 11.5 Å². The van der Waals surface area contributed by atoms with Gasteiger partial charge in [0.25, 0.3) is 5.91 Å². The molecular weight excluding hydrogens is 358 g/mol. The van der Waals surface area contributed by atoms with Crippen LogP contribution in [0.3, 0.4) is 0 Å². The first kappa shape index (κ1) is 19.1. The van der Waals surface area contributed by atoms with Gasteiger partial charge >= 0.3 is 0 Å². The number of hydrogen-bond acceptors (Lipinski definition) is 5. The predicted molar refractivity (Wildman–Crippen MR) is 104 cm³/mol. The molecule has 1 saturated carbocycles. The van der Waals surface area contributed by atoms with Gasteiger partial charge in [-0.25, -0.2) is 0 Å². The normalized spacial score (nSPS) is 22.9. The van der Waals surface area contributed by atoms with Crippen LogP contribution in [-0.4, -0.2) is 48.7 Å². The maximum absolute atomic E-state index is 13.0. The van der Waals surface area contributed by atoms with Crippen molar-refractivity contribution in [3.63, 3.8) is 0 Å². The molecule has 0 radical (unpaired) electrons. The molecule has 1 aliphatic carbocycles. The highest BCUT2D eigenvalue weighted by atomic mass is 16.7. The third kappa shape index (κ3) is 3.81. The van der Waals surface area contributed by atoms with Crippen molar-refractivity contribution < 1.29 is 19.1 Å². The Labute approximate surface area is 165 Å². The van der Waals surface area contributed by atoms with Crippen molar-refractivity contribution in [1.82, 2.24) is 10.2 Å². The van der Waals surface area contributed by atoms with E-state index >= 15 is 0 Å². The van der Waals surface area contributed by atoms with Crippen molar-refractivity contribution in [3.05, 3.63) is 23.8 Å². The number of amides is 2. The topological polar surface area (TPSA) is 93.9 Å². The predicted octanol–water partition coefficient (Wildman–Crippen LogP) is 2.04. The molecule has 28 heavy (non-hydrogen) atoms. The zero-order chi connectivity index (χ0) is 19.5. The van der Waals surface area contributed by atoms with E-state index < -0.39 is 6.04 Å². The molecule has 1 saturated heterocycles. The molecule has 0 aromatic heterocycles. The van der Waals surface area contributed by atoms with Crippen LogP contribution in [0.15, 0.2) is 18.2 Å². The monoisotopic (exact) mass is 387 g/mol. The van der Waals surface area contributed by atoms with E-state index in [-0.39, 0.29) is 24.6 Å². The van der Waals surface area contributed by atoms with Gasteiger partial charge in [-0.2, -0.15) is 0 Å². The molecule has 4 rings (SSSR count). The van der Waals surface area contributed by atoms with E-state index in [0.29, 0.717) is 42.5 Å². The fourth-order valence-corrected chi connectivity index (χ4v) is 4.66. The zero-order valence-corrected chi connectivity index (χ0v) is 16.2. The number of likely N-dealkylation sites (tertiary alicyclic amines) is 1. The molecule has 2 fully saturated rings. The molecule has 2 unspecified atom stereocenters. The van der Waals surface area contributed by atoms with Crippen molar-refractivity contribution in [2.45, 2.75) is 57.0 Å². The molecule has 7 heteroatoms. The SMILES string of the molecule is NCC(NC(=O)C1CCCN1C(=O)c1ccc2c(c1)OCO2)C1CCCCC1. The summed E-state index contributed by atoms with van der Waals surface area (Å²) in [7, 11) is 0. The second-order valence-electron chi connectivity index (χ2n) is 7.97. The molecule has 1 aromatic rings. The summed E-state index contributed by atoms with van der Waals surface area (Å²) < 4.78 is 10.7. The minimum Gasteiger partial charge on any atom is -0.454 e. The summed E-state index contributed by atoms with van der Waals surface area (Å²) in [5, 5.41) is 3.15. The number of hydrogen-bond donors (Lipinski definition) is 2. The lowest BCUT2D eigenvalue weighted by Crippen LogP contribution is -2.53. The van der Waals surface area contributed by atoms with Crippen LogP contribution in [0.1, 0.15) is 55.3 Å². The minimum absolute atomic E-state index is 0.00380. The molecule has 152 valence electrons. The van der Waals surface area contributed by atoms with Gasteiger partial charge < -0.3 is 25.4 Å². The number of benzene rings is 1. The first-order chi connectivity index (χ1) is 13.7. The first-order valence-electron chi connectivity index (χ1n) is 10.4. The summed E-state index contributed by atoms with van der Waals surface area (Å²) in [6, 6.07) is 4.73. The molecule has 0 bridgehead atoms. The van der Waals surface area contributed by atoms with Crippen LogP contribution in [0.2, 0.25) is 0 Å². The number of carbonyl (C=O) groups excluding carboxylic acids is 2. The quantitative estimate of drug-likeness (QED) is 0.806. The van der Waals surface area contributed by atoms with E-state index in [1.807, 2.05) is 0 Å². The van der Waals surface area contributed by atoms with Crippen LogP contribution >= 0.6 is 0 Å². The van der Waals surface area contributed by atoms with E-state index in [4.69, 9.17) is 15.2 Å². The summed E-state index contributed by atoms with van der Waals surface area (Å²) in [4.78, 5) is 27.7. The van der Waals surface area contributed by atoms with Gasteiger partial charge in [0.05, 0.1) is 0 Å². The maximum atomic E-state index is 13.0. The highest BCUT2D eigenvalue weighted by Crippen LogP contribution is 2.33. The molecule has 2 heterocycles. The van der Waals surface area contributed by atoms with Crippen molar-refractivity contribution >= 4 is 11.8 Å². The number of nitrogens with two attached hydrogens (primary N) is 1. The molecule has 2 atom stereocenters. The van der Waals surface area contributed by atoms with Crippen LogP contribution < -0.4 is 20.5 Å². The fraction of sp³-hybridized carbons (Fsp3) is 0.619. The fourth-order valence-electron chi connectivity index (χ4n) is 4.66. The Morgan fingerprint density at radius 3 is 2.68 bits per heavy atom. The highest BCUT2D eigenvalue weighted by molar-refractivity contribution is 5.98. The van der Waals surface area contributed by atoms with Gasteiger partial charge in [-0.15, -0.1) is 0 Å². The lowest BCUT2D eigenvalue weighted by Gasteiger charge is -2.32. The van der Waals surface area contributed by atoms with E-state index in [0.717, 1.165) is 19.3 Å². The van der Waals surface area contributed by atoms with Gasteiger partial charge in [0.2, 0.25) is 12.7 Å². The molecule has 0 spiro atoms. The molecular formula is C21H29N3O4. The van der Waals surface area contributed by atoms with E-state index in [9.17, 15) is 9.59 Å². The van der Waals surface area contributed by atoms with Crippen molar-refractivity contribution in [2.24, 2.45) is 11.7 Å². The van der Waals surface area contributed by atoms with Crippen molar-refractivity contribution in [1.29, 1.82) is 0 Å².